The lowest BCUT2D eigenvalue weighted by molar-refractivity contribution is -0.359. The summed E-state index contributed by atoms with van der Waals surface area (Å²) in [6, 6.07) is -0.829. The first-order valence-electron chi connectivity index (χ1n) is 27.4. The van der Waals surface area contributed by atoms with E-state index < -0.39 is 86.8 Å². The van der Waals surface area contributed by atoms with Crippen LogP contribution >= 0.6 is 0 Å². The Morgan fingerprint density at radius 1 is 0.522 bits per heavy atom. The Morgan fingerprint density at radius 2 is 0.940 bits per heavy atom. The van der Waals surface area contributed by atoms with E-state index in [0.717, 1.165) is 64.2 Å². The third kappa shape index (κ3) is 27.2. The molecule has 67 heavy (non-hydrogen) atoms. The molecule has 0 aromatic heterocycles. The zero-order valence-electron chi connectivity index (χ0n) is 42.2. The lowest BCUT2D eigenvalue weighted by Crippen LogP contribution is -2.65. The Morgan fingerprint density at radius 3 is 1.42 bits per heavy atom. The van der Waals surface area contributed by atoms with E-state index in [0.29, 0.717) is 19.3 Å². The van der Waals surface area contributed by atoms with Gasteiger partial charge in [0.15, 0.2) is 12.6 Å². The van der Waals surface area contributed by atoms with Gasteiger partial charge in [0.05, 0.1) is 32.0 Å². The number of aliphatic hydroxyl groups is 8. The summed E-state index contributed by atoms with van der Waals surface area (Å²) in [5, 5.41) is 87.0. The number of carbonyl (C=O) groups excluding carboxylic acids is 1. The first kappa shape index (κ1) is 61.8. The highest BCUT2D eigenvalue weighted by Gasteiger charge is 2.51. The van der Waals surface area contributed by atoms with Crippen LogP contribution in [0.4, 0.5) is 0 Å². The van der Waals surface area contributed by atoms with E-state index in [4.69, 9.17) is 18.9 Å². The molecule has 0 aliphatic carbocycles. The number of ether oxygens (including phenoxy) is 4. The normalized spacial score (nSPS) is 26.6. The first-order valence-corrected chi connectivity index (χ1v) is 27.4. The van der Waals surface area contributed by atoms with Crippen LogP contribution < -0.4 is 5.32 Å². The molecule has 2 saturated heterocycles. The predicted molar refractivity (Wildman–Crippen MR) is 263 cm³/mol. The molecule has 0 spiro atoms. The summed E-state index contributed by atoms with van der Waals surface area (Å²) in [6.45, 7) is 2.86. The summed E-state index contributed by atoms with van der Waals surface area (Å²) in [4.78, 5) is 13.2. The van der Waals surface area contributed by atoms with Gasteiger partial charge in [-0.1, -0.05) is 193 Å². The van der Waals surface area contributed by atoms with Crippen molar-refractivity contribution in [1.29, 1.82) is 0 Å². The van der Waals surface area contributed by atoms with Crippen molar-refractivity contribution in [3.05, 3.63) is 12.2 Å². The molecule has 2 heterocycles. The third-order valence-electron chi connectivity index (χ3n) is 13.7. The van der Waals surface area contributed by atoms with Crippen LogP contribution in [-0.2, 0) is 23.7 Å². The number of nitrogens with one attached hydrogen (secondary N) is 1. The van der Waals surface area contributed by atoms with Crippen LogP contribution in [0.3, 0.4) is 0 Å². The van der Waals surface area contributed by atoms with E-state index in [2.05, 4.69) is 31.3 Å². The summed E-state index contributed by atoms with van der Waals surface area (Å²) in [7, 11) is 0. The van der Waals surface area contributed by atoms with Gasteiger partial charge < -0.3 is 65.1 Å². The van der Waals surface area contributed by atoms with Crippen LogP contribution in [-0.4, -0.2) is 140 Å². The van der Waals surface area contributed by atoms with Crippen LogP contribution in [0, 0.1) is 0 Å². The van der Waals surface area contributed by atoms with Gasteiger partial charge in [-0.2, -0.15) is 0 Å². The molecule has 0 saturated carbocycles. The van der Waals surface area contributed by atoms with Crippen LogP contribution in [0.2, 0.25) is 0 Å². The maximum absolute atomic E-state index is 13.2. The fraction of sp³-hybridized carbons (Fsp3) is 0.943. The molecule has 12 atom stereocenters. The Bertz CT molecular complexity index is 1180. The van der Waals surface area contributed by atoms with Gasteiger partial charge in [0, 0.05) is 6.42 Å². The molecule has 0 bridgehead atoms. The Balaban J connectivity index is 1.80. The van der Waals surface area contributed by atoms with Gasteiger partial charge in [-0.15, -0.1) is 0 Å². The Kier molecular flexibility index (Phi) is 37.2. The second kappa shape index (κ2) is 40.3. The third-order valence-corrected chi connectivity index (χ3v) is 13.7. The minimum Gasteiger partial charge on any atom is -0.394 e. The predicted octanol–water partition coefficient (Wildman–Crippen LogP) is 7.94. The second-order valence-corrected chi connectivity index (χ2v) is 19.7. The van der Waals surface area contributed by atoms with Gasteiger partial charge >= 0.3 is 0 Å². The van der Waals surface area contributed by atoms with Crippen molar-refractivity contribution >= 4 is 5.91 Å². The fourth-order valence-electron chi connectivity index (χ4n) is 9.23. The zero-order valence-corrected chi connectivity index (χ0v) is 42.2. The summed E-state index contributed by atoms with van der Waals surface area (Å²) >= 11 is 0. The first-order chi connectivity index (χ1) is 32.6. The van der Waals surface area contributed by atoms with Gasteiger partial charge in [-0.25, -0.2) is 0 Å². The highest BCUT2D eigenvalue weighted by atomic mass is 16.7. The molecule has 2 rings (SSSR count). The van der Waals surface area contributed by atoms with Gasteiger partial charge in [-0.05, 0) is 38.5 Å². The minimum absolute atomic E-state index is 0.213. The average Bonchev–Trinajstić information content (AvgIpc) is 3.32. The fourth-order valence-corrected chi connectivity index (χ4v) is 9.23. The molecule has 2 aliphatic rings. The molecule has 14 heteroatoms. The molecule has 12 unspecified atom stereocenters. The van der Waals surface area contributed by atoms with Crippen molar-refractivity contribution in [2.75, 3.05) is 19.8 Å². The maximum atomic E-state index is 13.2. The molecule has 0 aromatic carbocycles. The molecule has 0 aromatic rings. The maximum Gasteiger partial charge on any atom is 0.220 e. The van der Waals surface area contributed by atoms with Gasteiger partial charge in [0.2, 0.25) is 5.91 Å². The lowest BCUT2D eigenvalue weighted by atomic mass is 9.97. The van der Waals surface area contributed by atoms with Crippen molar-refractivity contribution in [3.63, 3.8) is 0 Å². The Labute approximate surface area is 406 Å². The van der Waals surface area contributed by atoms with Crippen LogP contribution in [0.5, 0.6) is 0 Å². The molecule has 9 N–H and O–H groups in total. The van der Waals surface area contributed by atoms with Crippen molar-refractivity contribution < 1.29 is 64.6 Å². The number of unbranched alkanes of at least 4 members (excludes halogenated alkanes) is 28. The standard InChI is InChI=1S/C53H101NO13/c1-3-5-7-9-11-13-15-17-19-20-21-23-24-26-28-30-32-34-36-42(57)41(54-45(58)37-35-33-31-29-27-25-22-18-16-14-12-10-8-6-4-2)40-64-52-50(63)48(61)51(44(39-56)66-52)67-53-49(62)47(60)46(59)43(38-55)65-53/h18,22,41-44,46-53,55-57,59-63H,3-17,19-21,23-40H2,1-2H3,(H,54,58)/b22-18-. The molecular formula is C53H101NO13. The number of amides is 1. The molecular weight excluding hydrogens is 859 g/mol. The number of carbonyl (C=O) groups is 1. The monoisotopic (exact) mass is 960 g/mol. The summed E-state index contributed by atoms with van der Waals surface area (Å²) in [5.41, 5.74) is 0. The lowest BCUT2D eigenvalue weighted by Gasteiger charge is -2.46. The Hall–Kier alpha value is -1.27. The van der Waals surface area contributed by atoms with Gasteiger partial charge in [0.25, 0.3) is 0 Å². The molecule has 2 fully saturated rings. The van der Waals surface area contributed by atoms with Crippen LogP contribution in [0.25, 0.3) is 0 Å². The molecule has 0 radical (unpaired) electrons. The highest BCUT2D eigenvalue weighted by molar-refractivity contribution is 5.76. The van der Waals surface area contributed by atoms with E-state index in [1.54, 1.807) is 0 Å². The number of allylic oxidation sites excluding steroid dienone is 2. The number of rotatable bonds is 43. The molecule has 1 amide bonds. The largest absolute Gasteiger partial charge is 0.394 e. The smallest absolute Gasteiger partial charge is 0.220 e. The number of hydrogen-bond donors (Lipinski definition) is 9. The summed E-state index contributed by atoms with van der Waals surface area (Å²) in [5.74, 6) is -0.213. The molecule has 2 aliphatic heterocycles. The zero-order chi connectivity index (χ0) is 48.9. The van der Waals surface area contributed by atoms with Crippen LogP contribution in [0.1, 0.15) is 226 Å². The van der Waals surface area contributed by atoms with Crippen molar-refractivity contribution in [2.45, 2.75) is 299 Å². The highest BCUT2D eigenvalue weighted by Crippen LogP contribution is 2.30. The van der Waals surface area contributed by atoms with Crippen molar-refractivity contribution in [2.24, 2.45) is 0 Å². The van der Waals surface area contributed by atoms with Crippen molar-refractivity contribution in [3.8, 4) is 0 Å². The van der Waals surface area contributed by atoms with E-state index in [1.807, 2.05) is 0 Å². The van der Waals surface area contributed by atoms with E-state index in [9.17, 15) is 45.6 Å². The number of aliphatic hydroxyl groups excluding tert-OH is 8. The molecule has 396 valence electrons. The van der Waals surface area contributed by atoms with Gasteiger partial charge in [-0.3, -0.25) is 4.79 Å². The average molecular weight is 960 g/mol. The van der Waals surface area contributed by atoms with Crippen LogP contribution in [0.15, 0.2) is 12.2 Å². The van der Waals surface area contributed by atoms with Crippen molar-refractivity contribution in [1.82, 2.24) is 5.32 Å². The summed E-state index contributed by atoms with van der Waals surface area (Å²) in [6.07, 6.45) is 26.3. The van der Waals surface area contributed by atoms with E-state index in [-0.39, 0.29) is 12.5 Å². The topological polar surface area (TPSA) is 228 Å². The van der Waals surface area contributed by atoms with E-state index in [1.165, 1.54) is 128 Å². The minimum atomic E-state index is -1.78. The molecule has 14 nitrogen and oxygen atoms in total. The van der Waals surface area contributed by atoms with E-state index >= 15 is 0 Å². The quantitative estimate of drug-likeness (QED) is 0.0209. The second-order valence-electron chi connectivity index (χ2n) is 19.7. The number of hydrogen-bond acceptors (Lipinski definition) is 13. The summed E-state index contributed by atoms with van der Waals surface area (Å²) < 4.78 is 22.8. The van der Waals surface area contributed by atoms with Gasteiger partial charge in [0.1, 0.15) is 48.8 Å². The SMILES string of the molecule is CCCCCCCC/C=C\CCCCCCCC(=O)NC(COC1OC(CO)C(OC2OC(CO)C(O)C(O)C2O)C(O)C1O)C(O)CCCCCCCCCCCCCCCCCCCC.